The molecule has 2 saturated heterocycles. The van der Waals surface area contributed by atoms with E-state index < -0.39 is 0 Å². The van der Waals surface area contributed by atoms with Crippen LogP contribution in [0.3, 0.4) is 0 Å². The molecule has 0 spiro atoms. The van der Waals surface area contributed by atoms with Gasteiger partial charge in [-0.3, -0.25) is 4.90 Å². The summed E-state index contributed by atoms with van der Waals surface area (Å²) in [5.41, 5.74) is 5.30. The molecule has 0 unspecified atom stereocenters. The van der Waals surface area contributed by atoms with Crippen molar-refractivity contribution < 1.29 is 0 Å². The second-order valence-corrected chi connectivity index (χ2v) is 8.32. The Kier molecular flexibility index (Phi) is 2.67. The molecule has 0 aliphatic carbocycles. The summed E-state index contributed by atoms with van der Waals surface area (Å²) in [4.78, 5) is 10.2. The van der Waals surface area contributed by atoms with Crippen LogP contribution in [0, 0.1) is 0 Å². The summed E-state index contributed by atoms with van der Waals surface area (Å²) >= 11 is 0. The Morgan fingerprint density at radius 1 is 0.962 bits per heavy atom. The predicted octanol–water partition coefficient (Wildman–Crippen LogP) is 3.33. The van der Waals surface area contributed by atoms with Gasteiger partial charge in [0, 0.05) is 31.2 Å². The van der Waals surface area contributed by atoms with Crippen LogP contribution in [-0.4, -0.2) is 49.0 Å². The molecule has 1 N–H and O–H groups in total. The Labute approximate surface area is 154 Å². The zero-order valence-corrected chi connectivity index (χ0v) is 15.4. The van der Waals surface area contributed by atoms with Crippen molar-refractivity contribution in [1.82, 2.24) is 9.80 Å². The maximum absolute atomic E-state index is 5.26. The summed E-state index contributed by atoms with van der Waals surface area (Å²) in [6.07, 6.45) is 2.57. The number of rotatable bonds is 0. The minimum atomic E-state index is -0.0344. The van der Waals surface area contributed by atoms with Crippen molar-refractivity contribution in [1.29, 1.82) is 0 Å². The monoisotopic (exact) mass is 344 g/mol. The van der Waals surface area contributed by atoms with Crippen LogP contribution in [0.25, 0.3) is 0 Å². The van der Waals surface area contributed by atoms with Crippen molar-refractivity contribution in [2.24, 2.45) is 4.99 Å². The van der Waals surface area contributed by atoms with Gasteiger partial charge in [-0.2, -0.15) is 0 Å². The van der Waals surface area contributed by atoms with Gasteiger partial charge in [0.25, 0.3) is 0 Å². The first-order valence-corrected chi connectivity index (χ1v) is 9.65. The highest BCUT2D eigenvalue weighted by molar-refractivity contribution is 6.02. The van der Waals surface area contributed by atoms with Crippen LogP contribution in [0.5, 0.6) is 0 Å². The first-order chi connectivity index (χ1) is 12.7. The minimum Gasteiger partial charge on any atom is -0.369 e. The number of piperidine rings is 2. The Hall–Kier alpha value is -2.33. The topological polar surface area (TPSA) is 30.9 Å². The summed E-state index contributed by atoms with van der Waals surface area (Å²) in [5, 5.41) is 3.93. The number of likely N-dealkylation sites (tertiary alicyclic amines) is 2. The molecule has 2 fully saturated rings. The quantitative estimate of drug-likeness (QED) is 0.795. The summed E-state index contributed by atoms with van der Waals surface area (Å²) in [6.45, 7) is 2.14. The molecule has 2 aromatic rings. The van der Waals surface area contributed by atoms with Crippen LogP contribution < -0.4 is 5.32 Å². The first kappa shape index (κ1) is 14.8. The summed E-state index contributed by atoms with van der Waals surface area (Å²) in [7, 11) is 4.50. The second kappa shape index (κ2) is 4.68. The zero-order chi connectivity index (χ0) is 17.5. The fraction of sp³-hybridized carbons (Fsp3) is 0.409. The number of benzene rings is 2. The van der Waals surface area contributed by atoms with Gasteiger partial charge in [0.15, 0.2) is 0 Å². The van der Waals surface area contributed by atoms with E-state index in [9.17, 15) is 0 Å². The lowest BCUT2D eigenvalue weighted by molar-refractivity contribution is 0.0209. The fourth-order valence-corrected chi connectivity index (χ4v) is 6.36. The lowest BCUT2D eigenvalue weighted by Crippen LogP contribution is -2.77. The van der Waals surface area contributed by atoms with Crippen molar-refractivity contribution in [2.75, 3.05) is 32.5 Å². The van der Waals surface area contributed by atoms with Crippen molar-refractivity contribution in [3.05, 3.63) is 59.7 Å². The smallest absolute Gasteiger partial charge is 0.116 e. The van der Waals surface area contributed by atoms with Gasteiger partial charge in [-0.1, -0.05) is 36.4 Å². The van der Waals surface area contributed by atoms with Crippen molar-refractivity contribution in [3.8, 4) is 0 Å². The standard InChI is InChI=1S/C22H24N4/c1-25-13-11-22-16-8-4-5-9-17(16)23-19(25)21(22)12-14-26(2)20(22)24-18-10-6-3-7-15(18)21/h3-10,19,23H,11-14H2,1-2H3/t19-,21-,22-/m1/s1. The van der Waals surface area contributed by atoms with Gasteiger partial charge in [0.2, 0.25) is 0 Å². The number of hydrogen-bond donors (Lipinski definition) is 1. The molecular formula is C22H24N4. The third-order valence-electron chi connectivity index (χ3n) is 7.38. The van der Waals surface area contributed by atoms with E-state index in [4.69, 9.17) is 4.99 Å². The molecule has 4 nitrogen and oxygen atoms in total. The molecule has 2 aromatic carbocycles. The molecule has 4 heteroatoms. The van der Waals surface area contributed by atoms with E-state index in [2.05, 4.69) is 77.7 Å². The average Bonchev–Trinajstić information content (AvgIpc) is 2.67. The van der Waals surface area contributed by atoms with Crippen LogP contribution in [0.1, 0.15) is 24.0 Å². The van der Waals surface area contributed by atoms with E-state index in [1.165, 1.54) is 22.6 Å². The molecule has 4 bridgehead atoms. The minimum absolute atomic E-state index is 0.0344. The van der Waals surface area contributed by atoms with Gasteiger partial charge in [0.05, 0.1) is 17.3 Å². The highest BCUT2D eigenvalue weighted by Gasteiger charge is 2.69. The number of likely N-dealkylation sites (N-methyl/N-ethyl adjacent to an activating group) is 2. The van der Waals surface area contributed by atoms with Crippen LogP contribution in [0.2, 0.25) is 0 Å². The third-order valence-corrected chi connectivity index (χ3v) is 7.38. The number of hydrogen-bond acceptors (Lipinski definition) is 4. The van der Waals surface area contributed by atoms with E-state index in [-0.39, 0.29) is 10.8 Å². The number of fused-ring (bicyclic) bond motifs is 2. The van der Waals surface area contributed by atoms with Crippen LogP contribution >= 0.6 is 0 Å². The fourth-order valence-electron chi connectivity index (χ4n) is 6.36. The average molecular weight is 344 g/mol. The Balaban J connectivity index is 1.78. The number of anilines is 1. The molecule has 0 radical (unpaired) electrons. The number of para-hydroxylation sites is 2. The van der Waals surface area contributed by atoms with E-state index >= 15 is 0 Å². The van der Waals surface area contributed by atoms with Crippen LogP contribution in [-0.2, 0) is 10.8 Å². The second-order valence-electron chi connectivity index (χ2n) is 8.32. The number of nitrogens with zero attached hydrogens (tertiary/aromatic N) is 3. The molecule has 3 atom stereocenters. The Morgan fingerprint density at radius 3 is 2.62 bits per heavy atom. The molecule has 0 aromatic heterocycles. The number of nitrogens with one attached hydrogen (secondary N) is 1. The van der Waals surface area contributed by atoms with Crippen LogP contribution in [0.4, 0.5) is 11.4 Å². The molecule has 4 aliphatic rings. The normalized spacial score (nSPS) is 34.2. The van der Waals surface area contributed by atoms with E-state index in [0.29, 0.717) is 6.17 Å². The lowest BCUT2D eigenvalue weighted by atomic mass is 9.46. The Bertz CT molecular complexity index is 951. The molecule has 0 amide bonds. The molecule has 26 heavy (non-hydrogen) atoms. The van der Waals surface area contributed by atoms with E-state index in [1.807, 2.05) is 0 Å². The van der Waals surface area contributed by atoms with Gasteiger partial charge >= 0.3 is 0 Å². The van der Waals surface area contributed by atoms with Gasteiger partial charge in [-0.25, -0.2) is 4.99 Å². The Morgan fingerprint density at radius 2 is 1.73 bits per heavy atom. The molecule has 4 aliphatic heterocycles. The van der Waals surface area contributed by atoms with Gasteiger partial charge < -0.3 is 10.2 Å². The van der Waals surface area contributed by atoms with Crippen molar-refractivity contribution in [3.63, 3.8) is 0 Å². The molecular weight excluding hydrogens is 320 g/mol. The summed E-state index contributed by atoms with van der Waals surface area (Å²) in [6, 6.07) is 17.8. The van der Waals surface area contributed by atoms with E-state index in [1.54, 1.807) is 0 Å². The highest BCUT2D eigenvalue weighted by atomic mass is 15.3. The maximum atomic E-state index is 5.26. The molecule has 0 saturated carbocycles. The van der Waals surface area contributed by atoms with Crippen molar-refractivity contribution in [2.45, 2.75) is 29.8 Å². The number of amidine groups is 1. The highest BCUT2D eigenvalue weighted by Crippen LogP contribution is 2.64. The molecule has 6 rings (SSSR count). The van der Waals surface area contributed by atoms with Gasteiger partial charge in [-0.15, -0.1) is 0 Å². The van der Waals surface area contributed by atoms with E-state index in [0.717, 1.165) is 31.6 Å². The summed E-state index contributed by atoms with van der Waals surface area (Å²) in [5.74, 6) is 1.27. The van der Waals surface area contributed by atoms with Crippen LogP contribution in [0.15, 0.2) is 53.5 Å². The zero-order valence-electron chi connectivity index (χ0n) is 15.4. The maximum Gasteiger partial charge on any atom is 0.116 e. The molecule has 132 valence electrons. The SMILES string of the molecule is CN1CC[C@]23c4ccccc4N=C1[C@]21CCN(C)[C@H]3Nc2ccccc21. The first-order valence-electron chi connectivity index (χ1n) is 9.65. The number of aliphatic imine (C=N–C) groups is 1. The lowest BCUT2D eigenvalue weighted by Gasteiger charge is -2.68. The summed E-state index contributed by atoms with van der Waals surface area (Å²) < 4.78 is 0. The molecule has 4 heterocycles. The van der Waals surface area contributed by atoms with Gasteiger partial charge in [-0.05, 0) is 43.1 Å². The third kappa shape index (κ3) is 1.42. The van der Waals surface area contributed by atoms with Crippen molar-refractivity contribution >= 4 is 17.2 Å². The predicted molar refractivity (Wildman–Crippen MR) is 105 cm³/mol. The largest absolute Gasteiger partial charge is 0.369 e. The van der Waals surface area contributed by atoms with Gasteiger partial charge in [0.1, 0.15) is 5.84 Å².